The number of carboxylic acids is 1. The Kier molecular flexibility index (Phi) is 5.82. The van der Waals surface area contributed by atoms with Crippen LogP contribution in [0.15, 0.2) is 58.7 Å². The number of amidine groups is 1. The zero-order valence-electron chi connectivity index (χ0n) is 13.8. The van der Waals surface area contributed by atoms with E-state index >= 15 is 0 Å². The standard InChI is InChI=1S/C18H14FN3O4S/c19-16-11(5-4-8-13(16)26-12-6-2-1-3-7-12)10-20-22-18-21-17(25)14(27-18)9-15(23)24/h1-8,10,14H,9H2,(H,23,24)(H,21,22,25). The van der Waals surface area contributed by atoms with E-state index in [-0.39, 0.29) is 22.9 Å². The number of ether oxygens (including phenoxy) is 1. The Morgan fingerprint density at radius 3 is 2.78 bits per heavy atom. The van der Waals surface area contributed by atoms with Gasteiger partial charge in [-0.15, -0.1) is 5.10 Å². The Bertz CT molecular complexity index is 918. The SMILES string of the molecule is O=C(O)CC1SC(=NN=Cc2cccc(Oc3ccccc3)c2F)NC1=O. The zero-order chi connectivity index (χ0) is 19.2. The molecule has 7 nitrogen and oxygen atoms in total. The number of nitrogens with one attached hydrogen (secondary N) is 1. The summed E-state index contributed by atoms with van der Waals surface area (Å²) in [6, 6.07) is 13.4. The number of halogens is 1. The largest absolute Gasteiger partial charge is 0.481 e. The van der Waals surface area contributed by atoms with Crippen LogP contribution in [0.4, 0.5) is 4.39 Å². The molecule has 1 saturated heterocycles. The monoisotopic (exact) mass is 387 g/mol. The number of hydrogen-bond donors (Lipinski definition) is 2. The molecule has 138 valence electrons. The van der Waals surface area contributed by atoms with Crippen LogP contribution < -0.4 is 10.1 Å². The van der Waals surface area contributed by atoms with Gasteiger partial charge in [-0.25, -0.2) is 4.39 Å². The van der Waals surface area contributed by atoms with Gasteiger partial charge in [-0.3, -0.25) is 9.59 Å². The number of rotatable bonds is 6. The van der Waals surface area contributed by atoms with Gasteiger partial charge in [0.2, 0.25) is 5.91 Å². The van der Waals surface area contributed by atoms with Crippen molar-refractivity contribution in [3.63, 3.8) is 0 Å². The van der Waals surface area contributed by atoms with Crippen LogP contribution in [0.25, 0.3) is 0 Å². The molecule has 2 aromatic carbocycles. The fraction of sp³-hybridized carbons (Fsp3) is 0.111. The van der Waals surface area contributed by atoms with Crippen LogP contribution in [0, 0.1) is 5.82 Å². The highest BCUT2D eigenvalue weighted by atomic mass is 32.2. The molecule has 0 aliphatic carbocycles. The first-order valence-electron chi connectivity index (χ1n) is 7.84. The molecule has 27 heavy (non-hydrogen) atoms. The van der Waals surface area contributed by atoms with E-state index in [1.165, 1.54) is 18.3 Å². The van der Waals surface area contributed by atoms with Gasteiger partial charge < -0.3 is 15.2 Å². The van der Waals surface area contributed by atoms with Crippen molar-refractivity contribution in [2.45, 2.75) is 11.7 Å². The van der Waals surface area contributed by atoms with Crippen molar-refractivity contribution in [2.24, 2.45) is 10.2 Å². The topological polar surface area (TPSA) is 100 Å². The number of carbonyl (C=O) groups excluding carboxylic acids is 1. The van der Waals surface area contributed by atoms with Gasteiger partial charge in [0.25, 0.3) is 0 Å². The first-order chi connectivity index (χ1) is 13.0. The number of aliphatic carboxylic acids is 1. The van der Waals surface area contributed by atoms with E-state index in [0.717, 1.165) is 11.8 Å². The molecule has 1 fully saturated rings. The van der Waals surface area contributed by atoms with E-state index in [4.69, 9.17) is 9.84 Å². The lowest BCUT2D eigenvalue weighted by Crippen LogP contribution is -2.26. The summed E-state index contributed by atoms with van der Waals surface area (Å²) in [7, 11) is 0. The molecular weight excluding hydrogens is 373 g/mol. The smallest absolute Gasteiger partial charge is 0.305 e. The minimum atomic E-state index is -1.08. The highest BCUT2D eigenvalue weighted by molar-refractivity contribution is 8.15. The molecule has 3 rings (SSSR count). The molecule has 1 amide bonds. The molecule has 2 N–H and O–H groups in total. The third-order valence-corrected chi connectivity index (χ3v) is 4.52. The average Bonchev–Trinajstić information content (AvgIpc) is 2.98. The number of benzene rings is 2. The van der Waals surface area contributed by atoms with Crippen LogP contribution in [0.2, 0.25) is 0 Å². The summed E-state index contributed by atoms with van der Waals surface area (Å²) >= 11 is 0.968. The number of amides is 1. The van der Waals surface area contributed by atoms with Gasteiger partial charge in [0.15, 0.2) is 16.7 Å². The van der Waals surface area contributed by atoms with E-state index < -0.39 is 22.9 Å². The summed E-state index contributed by atoms with van der Waals surface area (Å²) in [5, 5.41) is 18.2. The molecule has 1 aliphatic rings. The first kappa shape index (κ1) is 18.6. The summed E-state index contributed by atoms with van der Waals surface area (Å²) in [4.78, 5) is 22.3. The summed E-state index contributed by atoms with van der Waals surface area (Å²) in [5.41, 5.74) is 0.157. The van der Waals surface area contributed by atoms with Gasteiger partial charge in [0.05, 0.1) is 12.6 Å². The molecule has 0 saturated carbocycles. The third-order valence-electron chi connectivity index (χ3n) is 3.45. The summed E-state index contributed by atoms with van der Waals surface area (Å²) in [6.45, 7) is 0. The Hall–Kier alpha value is -3.20. The maximum Gasteiger partial charge on any atom is 0.305 e. The van der Waals surface area contributed by atoms with Crippen LogP contribution in [-0.2, 0) is 9.59 Å². The Balaban J connectivity index is 1.70. The van der Waals surface area contributed by atoms with Crippen LogP contribution in [0.1, 0.15) is 12.0 Å². The summed E-state index contributed by atoms with van der Waals surface area (Å²) in [6.07, 6.45) is 0.879. The van der Waals surface area contributed by atoms with Gasteiger partial charge >= 0.3 is 5.97 Å². The highest BCUT2D eigenvalue weighted by Crippen LogP contribution is 2.26. The third kappa shape index (κ3) is 4.91. The molecule has 1 atom stereocenters. The molecule has 1 aliphatic heterocycles. The van der Waals surface area contributed by atoms with E-state index in [0.29, 0.717) is 5.75 Å². The van der Waals surface area contributed by atoms with Gasteiger partial charge in [-0.05, 0) is 18.2 Å². The van der Waals surface area contributed by atoms with Crippen molar-refractivity contribution in [1.29, 1.82) is 0 Å². The van der Waals surface area contributed by atoms with Crippen LogP contribution in [0.3, 0.4) is 0 Å². The number of nitrogens with zero attached hydrogens (tertiary/aromatic N) is 2. The van der Waals surface area contributed by atoms with Crippen molar-refractivity contribution in [3.8, 4) is 11.5 Å². The number of hydrogen-bond acceptors (Lipinski definition) is 6. The van der Waals surface area contributed by atoms with Crippen molar-refractivity contribution in [3.05, 3.63) is 59.9 Å². The molecule has 0 spiro atoms. The van der Waals surface area contributed by atoms with E-state index in [2.05, 4.69) is 15.5 Å². The quantitative estimate of drug-likeness (QED) is 0.586. The molecule has 0 aromatic heterocycles. The number of thioether (sulfide) groups is 1. The lowest BCUT2D eigenvalue weighted by Gasteiger charge is -2.07. The molecule has 0 bridgehead atoms. The zero-order valence-corrected chi connectivity index (χ0v) is 14.6. The molecule has 1 unspecified atom stereocenters. The van der Waals surface area contributed by atoms with E-state index in [1.54, 1.807) is 30.3 Å². The predicted molar refractivity (Wildman–Crippen MR) is 99.7 cm³/mol. The summed E-state index contributed by atoms with van der Waals surface area (Å²) < 4.78 is 20.0. The number of para-hydroxylation sites is 1. The second kappa shape index (κ2) is 8.45. The lowest BCUT2D eigenvalue weighted by atomic mass is 10.2. The van der Waals surface area contributed by atoms with Crippen LogP contribution in [0.5, 0.6) is 11.5 Å². The van der Waals surface area contributed by atoms with Crippen molar-refractivity contribution < 1.29 is 23.8 Å². The van der Waals surface area contributed by atoms with Crippen molar-refractivity contribution in [2.75, 3.05) is 0 Å². The van der Waals surface area contributed by atoms with Gasteiger partial charge in [-0.2, -0.15) is 5.10 Å². The maximum atomic E-state index is 14.5. The second-order valence-corrected chi connectivity index (χ2v) is 6.61. The fourth-order valence-corrected chi connectivity index (χ4v) is 3.13. The minimum absolute atomic E-state index is 0.0443. The van der Waals surface area contributed by atoms with Gasteiger partial charge in [-0.1, -0.05) is 42.1 Å². The van der Waals surface area contributed by atoms with E-state index in [9.17, 15) is 14.0 Å². The van der Waals surface area contributed by atoms with Crippen LogP contribution >= 0.6 is 11.8 Å². The molecule has 0 radical (unpaired) electrons. The van der Waals surface area contributed by atoms with Gasteiger partial charge in [0.1, 0.15) is 11.0 Å². The van der Waals surface area contributed by atoms with Gasteiger partial charge in [0, 0.05) is 5.56 Å². The van der Waals surface area contributed by atoms with Crippen LogP contribution in [-0.4, -0.2) is 33.6 Å². The average molecular weight is 387 g/mol. The second-order valence-electron chi connectivity index (χ2n) is 5.42. The lowest BCUT2D eigenvalue weighted by molar-refractivity contribution is -0.138. The number of carbonyl (C=O) groups is 2. The summed E-state index contributed by atoms with van der Waals surface area (Å²) in [5.74, 6) is -1.58. The fourth-order valence-electron chi connectivity index (χ4n) is 2.21. The molecule has 1 heterocycles. The normalized spacial score (nSPS) is 18.0. The Labute approximate surface area is 158 Å². The molecular formula is C18H14FN3O4S. The Morgan fingerprint density at radius 1 is 1.26 bits per heavy atom. The highest BCUT2D eigenvalue weighted by Gasteiger charge is 2.32. The van der Waals surface area contributed by atoms with E-state index in [1.807, 2.05) is 6.07 Å². The van der Waals surface area contributed by atoms with Crippen molar-refractivity contribution in [1.82, 2.24) is 5.32 Å². The Morgan fingerprint density at radius 2 is 2.04 bits per heavy atom. The molecule has 2 aromatic rings. The molecule has 9 heteroatoms. The minimum Gasteiger partial charge on any atom is -0.481 e. The predicted octanol–water partition coefficient (Wildman–Crippen LogP) is 3.01. The number of carboxylic acid groups (broad SMARTS) is 1. The maximum absolute atomic E-state index is 14.5. The van der Waals surface area contributed by atoms with Crippen molar-refractivity contribution >= 4 is 35.0 Å². The first-order valence-corrected chi connectivity index (χ1v) is 8.72.